The van der Waals surface area contributed by atoms with Crippen molar-refractivity contribution in [1.82, 2.24) is 34.2 Å². The van der Waals surface area contributed by atoms with Gasteiger partial charge in [-0.15, -0.1) is 0 Å². The fourth-order valence-corrected chi connectivity index (χ4v) is 7.47. The van der Waals surface area contributed by atoms with E-state index in [9.17, 15) is 23.5 Å². The minimum absolute atomic E-state index is 0.100. The number of nitrogens with one attached hydrogen (secondary N) is 1. The van der Waals surface area contributed by atoms with Crippen molar-refractivity contribution in [2.24, 2.45) is 11.8 Å². The molecule has 3 fully saturated rings. The summed E-state index contributed by atoms with van der Waals surface area (Å²) in [6, 6.07) is 5.80. The molecule has 0 spiro atoms. The van der Waals surface area contributed by atoms with Gasteiger partial charge >= 0.3 is 6.61 Å². The number of fused-ring (bicyclic) bond motifs is 2. The number of alkyl halides is 2. The van der Waals surface area contributed by atoms with Crippen LogP contribution in [0.4, 0.5) is 14.5 Å². The Bertz CT molecular complexity index is 1780. The van der Waals surface area contributed by atoms with Crippen LogP contribution in [0.5, 0.6) is 5.75 Å². The van der Waals surface area contributed by atoms with E-state index in [4.69, 9.17) is 16.3 Å². The summed E-state index contributed by atoms with van der Waals surface area (Å²) in [7, 11) is 0. The van der Waals surface area contributed by atoms with Crippen LogP contribution in [-0.2, 0) is 11.3 Å². The second kappa shape index (κ2) is 12.8. The van der Waals surface area contributed by atoms with Crippen molar-refractivity contribution in [1.29, 1.82) is 0 Å². The molecule has 0 radical (unpaired) electrons. The predicted octanol–water partition coefficient (Wildman–Crippen LogP) is 4.19. The van der Waals surface area contributed by atoms with Gasteiger partial charge in [0.05, 0.1) is 17.5 Å². The molecule has 1 saturated carbocycles. The molecule has 2 saturated heterocycles. The monoisotopic (exact) mass is 668 g/mol. The number of aliphatic hydroxyl groups is 1. The lowest BCUT2D eigenvalue weighted by Gasteiger charge is -2.36. The van der Waals surface area contributed by atoms with Gasteiger partial charge in [-0.2, -0.15) is 19.0 Å². The summed E-state index contributed by atoms with van der Waals surface area (Å²) in [5, 5.41) is 22.8. The molecular weight excluding hydrogens is 634 g/mol. The van der Waals surface area contributed by atoms with Gasteiger partial charge in [0, 0.05) is 61.9 Å². The Balaban J connectivity index is 1.09. The van der Waals surface area contributed by atoms with E-state index in [-0.39, 0.29) is 45.7 Å². The van der Waals surface area contributed by atoms with E-state index in [0.717, 1.165) is 38.8 Å². The van der Waals surface area contributed by atoms with Crippen molar-refractivity contribution in [2.45, 2.75) is 50.9 Å². The van der Waals surface area contributed by atoms with Crippen LogP contribution in [0.1, 0.15) is 42.5 Å². The number of aromatic nitrogens is 5. The quantitative estimate of drug-likeness (QED) is 0.272. The molecule has 1 aliphatic carbocycles. The largest absolute Gasteiger partial charge is 0.434 e. The first-order valence-corrected chi connectivity index (χ1v) is 16.2. The molecule has 248 valence electrons. The average molecular weight is 669 g/mol. The van der Waals surface area contributed by atoms with E-state index in [1.165, 1.54) is 52.4 Å². The van der Waals surface area contributed by atoms with Crippen LogP contribution in [0.15, 0.2) is 49.1 Å². The highest BCUT2D eigenvalue weighted by Gasteiger charge is 2.43. The molecule has 0 bridgehead atoms. The number of amides is 2. The number of rotatable bonds is 9. The van der Waals surface area contributed by atoms with E-state index < -0.39 is 18.1 Å². The SMILES string of the molecule is O=C(Nc1cn(CC(=O)N2CC3CN(CC4(O)CCCCC4)CC3C2)nc1-c1cc(Cl)ccc1OC(F)F)c1cnn2cccnc12. The topological polar surface area (TPSA) is 130 Å². The molecule has 47 heavy (non-hydrogen) atoms. The van der Waals surface area contributed by atoms with E-state index in [0.29, 0.717) is 37.1 Å². The molecule has 4 aromatic rings. The lowest BCUT2D eigenvalue weighted by atomic mass is 9.84. The molecule has 7 rings (SSSR count). The number of likely N-dealkylation sites (tertiary alicyclic amines) is 2. The number of carbonyl (C=O) groups is 2. The Labute approximate surface area is 274 Å². The van der Waals surface area contributed by atoms with Crippen LogP contribution in [0.2, 0.25) is 5.02 Å². The molecule has 2 amide bonds. The molecule has 5 heterocycles. The average Bonchev–Trinajstić information content (AvgIpc) is 3.81. The van der Waals surface area contributed by atoms with Crippen LogP contribution < -0.4 is 10.1 Å². The van der Waals surface area contributed by atoms with Crippen LogP contribution >= 0.6 is 11.6 Å². The normalized spacial score (nSPS) is 21.0. The molecular formula is C32H35ClF2N8O4. The molecule has 3 aromatic heterocycles. The number of nitrogens with zero attached hydrogens (tertiary/aromatic N) is 7. The van der Waals surface area contributed by atoms with Gasteiger partial charge < -0.3 is 20.1 Å². The van der Waals surface area contributed by atoms with E-state index in [1.807, 2.05) is 4.90 Å². The zero-order chi connectivity index (χ0) is 32.7. The fourth-order valence-electron chi connectivity index (χ4n) is 7.30. The van der Waals surface area contributed by atoms with Crippen LogP contribution in [-0.4, -0.2) is 96.0 Å². The van der Waals surface area contributed by atoms with E-state index in [2.05, 4.69) is 25.4 Å². The maximum absolute atomic E-state index is 13.5. The first kappa shape index (κ1) is 31.5. The molecule has 15 heteroatoms. The van der Waals surface area contributed by atoms with Gasteiger partial charge in [-0.3, -0.25) is 19.2 Å². The van der Waals surface area contributed by atoms with Crippen molar-refractivity contribution in [3.05, 3.63) is 59.6 Å². The number of hydrogen-bond acceptors (Lipinski definition) is 8. The van der Waals surface area contributed by atoms with Crippen molar-refractivity contribution < 1.29 is 28.2 Å². The number of anilines is 1. The van der Waals surface area contributed by atoms with E-state index >= 15 is 0 Å². The fraction of sp³-hybridized carbons (Fsp3) is 0.469. The summed E-state index contributed by atoms with van der Waals surface area (Å²) < 4.78 is 34.3. The Morgan fingerprint density at radius 2 is 1.89 bits per heavy atom. The molecule has 2 atom stereocenters. The van der Waals surface area contributed by atoms with Gasteiger partial charge in [0.2, 0.25) is 5.91 Å². The molecule has 2 unspecified atom stereocenters. The first-order chi connectivity index (χ1) is 22.6. The van der Waals surface area contributed by atoms with Crippen molar-refractivity contribution in [2.75, 3.05) is 38.0 Å². The Kier molecular flexibility index (Phi) is 8.57. The van der Waals surface area contributed by atoms with Gasteiger partial charge in [-0.05, 0) is 48.9 Å². The standard InChI is InChI=1S/C32H35ClF2N8O4/c33-22-5-6-26(47-31(34)35)23(11-22)28-25(38-30(45)24-12-37-43-10-4-9-36-29(24)43)17-42(39-28)18-27(44)41-15-20-13-40(14-21(20)16-41)19-32(46)7-2-1-3-8-32/h4-6,9-12,17,20-21,31,46H,1-3,7-8,13-16,18-19H2,(H,38,45). The zero-order valence-corrected chi connectivity index (χ0v) is 26.3. The third-order valence-electron chi connectivity index (χ3n) is 9.46. The number of ether oxygens (including phenoxy) is 1. The van der Waals surface area contributed by atoms with Crippen molar-refractivity contribution >= 4 is 34.7 Å². The van der Waals surface area contributed by atoms with Crippen LogP contribution in [0.25, 0.3) is 16.9 Å². The van der Waals surface area contributed by atoms with Gasteiger partial charge in [0.1, 0.15) is 23.6 Å². The second-order valence-corrected chi connectivity index (χ2v) is 13.2. The van der Waals surface area contributed by atoms with Crippen molar-refractivity contribution in [3.8, 4) is 17.0 Å². The van der Waals surface area contributed by atoms with Gasteiger partial charge in [-0.25, -0.2) is 9.50 Å². The molecule has 12 nitrogen and oxygen atoms in total. The summed E-state index contributed by atoms with van der Waals surface area (Å²) in [4.78, 5) is 35.4. The highest BCUT2D eigenvalue weighted by Crippen LogP contribution is 2.38. The number of hydrogen-bond donors (Lipinski definition) is 2. The maximum Gasteiger partial charge on any atom is 0.387 e. The number of halogens is 3. The lowest BCUT2D eigenvalue weighted by molar-refractivity contribution is -0.131. The maximum atomic E-state index is 13.5. The number of carbonyl (C=O) groups excluding carboxylic acids is 2. The van der Waals surface area contributed by atoms with Crippen molar-refractivity contribution in [3.63, 3.8) is 0 Å². The Hall–Kier alpha value is -4.14. The highest BCUT2D eigenvalue weighted by molar-refractivity contribution is 6.31. The summed E-state index contributed by atoms with van der Waals surface area (Å²) in [6.45, 7) is 0.354. The number of β-amino-alcohol motifs (C(OH)–C–C–N with tert-alkyl or cyclic N) is 1. The van der Waals surface area contributed by atoms with Crippen LogP contribution in [0, 0.1) is 11.8 Å². The predicted molar refractivity (Wildman–Crippen MR) is 168 cm³/mol. The Morgan fingerprint density at radius 3 is 2.64 bits per heavy atom. The summed E-state index contributed by atoms with van der Waals surface area (Å²) in [5.74, 6) is -0.239. The molecule has 1 aromatic carbocycles. The highest BCUT2D eigenvalue weighted by atomic mass is 35.5. The van der Waals surface area contributed by atoms with Crippen LogP contribution in [0.3, 0.4) is 0 Å². The number of benzene rings is 1. The van der Waals surface area contributed by atoms with E-state index in [1.54, 1.807) is 12.3 Å². The molecule has 2 N–H and O–H groups in total. The minimum atomic E-state index is -3.11. The van der Waals surface area contributed by atoms with Gasteiger partial charge in [-0.1, -0.05) is 30.9 Å². The Morgan fingerprint density at radius 1 is 1.13 bits per heavy atom. The summed E-state index contributed by atoms with van der Waals surface area (Å²) in [6.07, 6.45) is 11.0. The van der Waals surface area contributed by atoms with Gasteiger partial charge in [0.25, 0.3) is 5.91 Å². The zero-order valence-electron chi connectivity index (χ0n) is 25.6. The third kappa shape index (κ3) is 6.67. The second-order valence-electron chi connectivity index (χ2n) is 12.8. The molecule has 2 aliphatic heterocycles. The molecule has 3 aliphatic rings. The van der Waals surface area contributed by atoms with Gasteiger partial charge in [0.15, 0.2) is 5.65 Å². The first-order valence-electron chi connectivity index (χ1n) is 15.8. The summed E-state index contributed by atoms with van der Waals surface area (Å²) >= 11 is 6.24. The third-order valence-corrected chi connectivity index (χ3v) is 9.70. The lowest BCUT2D eigenvalue weighted by Crippen LogP contribution is -2.44. The smallest absolute Gasteiger partial charge is 0.387 e. The minimum Gasteiger partial charge on any atom is -0.434 e. The summed E-state index contributed by atoms with van der Waals surface area (Å²) in [5.41, 5.74) is 0.279.